The van der Waals surface area contributed by atoms with E-state index in [-0.39, 0.29) is 0 Å². The van der Waals surface area contributed by atoms with Crippen molar-refractivity contribution >= 4 is 0 Å². The molecule has 0 spiro atoms. The van der Waals surface area contributed by atoms with Gasteiger partial charge in [-0.25, -0.2) is 4.98 Å². The van der Waals surface area contributed by atoms with Crippen molar-refractivity contribution in [3.05, 3.63) is 18.7 Å². The predicted octanol–water partition coefficient (Wildman–Crippen LogP) is 1.68. The molecule has 0 aromatic carbocycles. The Hall–Kier alpha value is -0.830. The number of hydrogen-bond donors (Lipinski definition) is 1. The van der Waals surface area contributed by atoms with Crippen LogP contribution in [0.3, 0.4) is 0 Å². The third kappa shape index (κ3) is 4.08. The minimum absolute atomic E-state index is 0.312. The van der Waals surface area contributed by atoms with Crippen LogP contribution in [0.2, 0.25) is 0 Å². The van der Waals surface area contributed by atoms with E-state index in [4.69, 9.17) is 5.11 Å². The maximum Gasteiger partial charge on any atom is 0.0945 e. The van der Waals surface area contributed by atoms with Crippen LogP contribution >= 0.6 is 0 Å². The van der Waals surface area contributed by atoms with E-state index >= 15 is 0 Å². The molecule has 0 bridgehead atoms. The van der Waals surface area contributed by atoms with Crippen LogP contribution in [0.25, 0.3) is 0 Å². The number of aliphatic hydroxyl groups excluding tert-OH is 1. The molecule has 0 saturated carbocycles. The van der Waals surface area contributed by atoms with Gasteiger partial charge in [-0.15, -0.1) is 0 Å². The van der Waals surface area contributed by atoms with E-state index in [2.05, 4.69) is 16.5 Å². The molecule has 0 aliphatic carbocycles. The fourth-order valence-corrected chi connectivity index (χ4v) is 1.41. The number of aliphatic hydroxyl groups is 1. The lowest BCUT2D eigenvalue weighted by atomic mass is 10.0. The maximum absolute atomic E-state index is 8.70. The summed E-state index contributed by atoms with van der Waals surface area (Å²) in [6, 6.07) is 0. The molecule has 1 N–H and O–H groups in total. The molecule has 0 fully saturated rings. The molecule has 0 radical (unpaired) electrons. The number of aryl methyl sites for hydroxylation is 1. The lowest BCUT2D eigenvalue weighted by Gasteiger charge is -2.08. The average molecular weight is 182 g/mol. The second-order valence-electron chi connectivity index (χ2n) is 3.56. The van der Waals surface area contributed by atoms with Crippen LogP contribution in [-0.2, 0) is 6.54 Å². The molecule has 74 valence electrons. The van der Waals surface area contributed by atoms with Gasteiger partial charge in [0.25, 0.3) is 0 Å². The van der Waals surface area contributed by atoms with Gasteiger partial charge in [-0.3, -0.25) is 0 Å². The van der Waals surface area contributed by atoms with Crippen LogP contribution in [-0.4, -0.2) is 21.3 Å². The lowest BCUT2D eigenvalue weighted by molar-refractivity contribution is 0.256. The standard InChI is InChI=1S/C10H18N2O/c1-10(4-8-13)3-2-6-12-7-5-11-9-12/h5,7,9-10,13H,2-4,6,8H2,1H3. The van der Waals surface area contributed by atoms with Crippen LogP contribution in [0, 0.1) is 5.92 Å². The average Bonchev–Trinajstić information content (AvgIpc) is 2.57. The van der Waals surface area contributed by atoms with Crippen molar-refractivity contribution in [2.45, 2.75) is 32.7 Å². The van der Waals surface area contributed by atoms with Crippen LogP contribution in [0.15, 0.2) is 18.7 Å². The zero-order valence-electron chi connectivity index (χ0n) is 8.19. The monoisotopic (exact) mass is 182 g/mol. The van der Waals surface area contributed by atoms with Crippen LogP contribution in [0.1, 0.15) is 26.2 Å². The molecule has 1 unspecified atom stereocenters. The first kappa shape index (κ1) is 10.3. The topological polar surface area (TPSA) is 38.0 Å². The highest BCUT2D eigenvalue weighted by molar-refractivity contribution is 4.73. The second kappa shape index (κ2) is 5.75. The molecule has 1 heterocycles. The molecule has 1 rings (SSSR count). The molecule has 0 saturated heterocycles. The SMILES string of the molecule is CC(CCO)CCCn1ccnc1. The summed E-state index contributed by atoms with van der Waals surface area (Å²) in [5, 5.41) is 8.70. The maximum atomic E-state index is 8.70. The number of nitrogens with zero attached hydrogens (tertiary/aromatic N) is 2. The summed E-state index contributed by atoms with van der Waals surface area (Å²) < 4.78 is 2.09. The van der Waals surface area contributed by atoms with Crippen LogP contribution < -0.4 is 0 Å². The van der Waals surface area contributed by atoms with Gasteiger partial charge in [0, 0.05) is 25.5 Å². The minimum atomic E-state index is 0.312. The Morgan fingerprint density at radius 1 is 1.46 bits per heavy atom. The van der Waals surface area contributed by atoms with Crippen molar-refractivity contribution in [3.8, 4) is 0 Å². The van der Waals surface area contributed by atoms with Gasteiger partial charge in [0.05, 0.1) is 6.33 Å². The molecule has 0 amide bonds. The molecule has 1 atom stereocenters. The highest BCUT2D eigenvalue weighted by Gasteiger charge is 2.00. The fraction of sp³-hybridized carbons (Fsp3) is 0.700. The van der Waals surface area contributed by atoms with Gasteiger partial charge in [0.2, 0.25) is 0 Å². The van der Waals surface area contributed by atoms with Crippen molar-refractivity contribution < 1.29 is 5.11 Å². The summed E-state index contributed by atoms with van der Waals surface area (Å²) in [5.74, 6) is 0.633. The van der Waals surface area contributed by atoms with E-state index in [1.807, 2.05) is 12.5 Å². The van der Waals surface area contributed by atoms with Crippen molar-refractivity contribution in [3.63, 3.8) is 0 Å². The van der Waals surface area contributed by atoms with Crippen molar-refractivity contribution in [1.82, 2.24) is 9.55 Å². The Balaban J connectivity index is 2.07. The number of hydrogen-bond acceptors (Lipinski definition) is 2. The highest BCUT2D eigenvalue weighted by atomic mass is 16.3. The van der Waals surface area contributed by atoms with Gasteiger partial charge in [-0.2, -0.15) is 0 Å². The summed E-state index contributed by atoms with van der Waals surface area (Å²) in [5.41, 5.74) is 0. The zero-order chi connectivity index (χ0) is 9.52. The Bertz CT molecular complexity index is 209. The first-order chi connectivity index (χ1) is 6.33. The van der Waals surface area contributed by atoms with Crippen LogP contribution in [0.4, 0.5) is 0 Å². The van der Waals surface area contributed by atoms with Gasteiger partial charge in [-0.1, -0.05) is 6.92 Å². The molecule has 1 aromatic rings. The van der Waals surface area contributed by atoms with Gasteiger partial charge in [0.1, 0.15) is 0 Å². The Labute approximate surface area is 79.4 Å². The van der Waals surface area contributed by atoms with E-state index in [0.717, 1.165) is 19.4 Å². The quantitative estimate of drug-likeness (QED) is 0.727. The molecule has 1 aromatic heterocycles. The molecule has 3 nitrogen and oxygen atoms in total. The molecule has 0 aliphatic rings. The highest BCUT2D eigenvalue weighted by Crippen LogP contribution is 2.10. The predicted molar refractivity (Wildman–Crippen MR) is 52.3 cm³/mol. The van der Waals surface area contributed by atoms with E-state index in [1.54, 1.807) is 6.20 Å². The Morgan fingerprint density at radius 3 is 2.92 bits per heavy atom. The van der Waals surface area contributed by atoms with E-state index in [9.17, 15) is 0 Å². The van der Waals surface area contributed by atoms with E-state index in [1.165, 1.54) is 6.42 Å². The van der Waals surface area contributed by atoms with Gasteiger partial charge in [0.15, 0.2) is 0 Å². The molecule has 13 heavy (non-hydrogen) atoms. The largest absolute Gasteiger partial charge is 0.396 e. The van der Waals surface area contributed by atoms with Crippen molar-refractivity contribution in [2.75, 3.05) is 6.61 Å². The summed E-state index contributed by atoms with van der Waals surface area (Å²) in [6.45, 7) is 3.53. The molecular formula is C10H18N2O. The number of aromatic nitrogens is 2. The van der Waals surface area contributed by atoms with Gasteiger partial charge in [-0.05, 0) is 25.2 Å². The summed E-state index contributed by atoms with van der Waals surface area (Å²) in [7, 11) is 0. The van der Waals surface area contributed by atoms with Gasteiger partial charge < -0.3 is 9.67 Å². The minimum Gasteiger partial charge on any atom is -0.396 e. The third-order valence-electron chi connectivity index (χ3n) is 2.29. The Kier molecular flexibility index (Phi) is 4.54. The normalized spacial score (nSPS) is 13.1. The van der Waals surface area contributed by atoms with Crippen LogP contribution in [0.5, 0.6) is 0 Å². The zero-order valence-corrected chi connectivity index (χ0v) is 8.19. The summed E-state index contributed by atoms with van der Waals surface area (Å²) in [4.78, 5) is 3.98. The first-order valence-electron chi connectivity index (χ1n) is 4.89. The second-order valence-corrected chi connectivity index (χ2v) is 3.56. The molecule has 0 aliphatic heterocycles. The lowest BCUT2D eigenvalue weighted by Crippen LogP contribution is -2.01. The molecule has 3 heteroatoms. The number of imidazole rings is 1. The van der Waals surface area contributed by atoms with Gasteiger partial charge >= 0.3 is 0 Å². The third-order valence-corrected chi connectivity index (χ3v) is 2.29. The van der Waals surface area contributed by atoms with E-state index < -0.39 is 0 Å². The van der Waals surface area contributed by atoms with E-state index in [0.29, 0.717) is 12.5 Å². The summed E-state index contributed by atoms with van der Waals surface area (Å²) >= 11 is 0. The first-order valence-corrected chi connectivity index (χ1v) is 4.89. The smallest absolute Gasteiger partial charge is 0.0945 e. The molecular weight excluding hydrogens is 164 g/mol. The van der Waals surface area contributed by atoms with Crippen molar-refractivity contribution in [1.29, 1.82) is 0 Å². The fourth-order valence-electron chi connectivity index (χ4n) is 1.41. The number of rotatable bonds is 6. The Morgan fingerprint density at radius 2 is 2.31 bits per heavy atom. The van der Waals surface area contributed by atoms with Crippen molar-refractivity contribution in [2.24, 2.45) is 5.92 Å². The summed E-state index contributed by atoms with van der Waals surface area (Å²) in [6.07, 6.45) is 8.89.